The van der Waals surface area contributed by atoms with Crippen molar-refractivity contribution in [2.24, 2.45) is 0 Å². The highest BCUT2D eigenvalue weighted by molar-refractivity contribution is 5.63. The topological polar surface area (TPSA) is 64.4 Å². The van der Waals surface area contributed by atoms with E-state index in [2.05, 4.69) is 5.32 Å². The van der Waals surface area contributed by atoms with E-state index in [1.165, 1.54) is 0 Å². The van der Waals surface area contributed by atoms with Crippen LogP contribution in [-0.2, 0) is 4.74 Å². The number of nitro groups is 1. The molecule has 0 aliphatic carbocycles. The van der Waals surface area contributed by atoms with Crippen LogP contribution in [0.5, 0.6) is 0 Å². The summed E-state index contributed by atoms with van der Waals surface area (Å²) in [6.45, 7) is 2.47. The molecule has 7 heteroatoms. The van der Waals surface area contributed by atoms with Gasteiger partial charge in [-0.25, -0.2) is 8.78 Å². The predicted molar refractivity (Wildman–Crippen MR) is 69.7 cm³/mol. The van der Waals surface area contributed by atoms with Crippen LogP contribution < -0.4 is 5.32 Å². The van der Waals surface area contributed by atoms with Gasteiger partial charge in [-0.3, -0.25) is 10.1 Å². The summed E-state index contributed by atoms with van der Waals surface area (Å²) < 4.78 is 32.5. The molecule has 1 aromatic carbocycles. The van der Waals surface area contributed by atoms with Gasteiger partial charge in [0.25, 0.3) is 5.69 Å². The fraction of sp³-hybridized carbons (Fsp3) is 0.538. The van der Waals surface area contributed by atoms with Gasteiger partial charge in [0.05, 0.1) is 11.0 Å². The molecular weight excluding hydrogens is 270 g/mol. The van der Waals surface area contributed by atoms with E-state index in [-0.39, 0.29) is 17.8 Å². The summed E-state index contributed by atoms with van der Waals surface area (Å²) in [4.78, 5) is 10.2. The molecule has 1 aromatic rings. The largest absolute Gasteiger partial charge is 0.378 e. The molecule has 0 bridgehead atoms. The van der Waals surface area contributed by atoms with Crippen molar-refractivity contribution in [3.05, 3.63) is 33.9 Å². The van der Waals surface area contributed by atoms with E-state index in [9.17, 15) is 18.9 Å². The fourth-order valence-electron chi connectivity index (χ4n) is 2.33. The Hall–Kier alpha value is -1.76. The lowest BCUT2D eigenvalue weighted by Gasteiger charge is -2.30. The van der Waals surface area contributed by atoms with Gasteiger partial charge in [0.1, 0.15) is 0 Å². The number of halogens is 2. The summed E-state index contributed by atoms with van der Waals surface area (Å²) in [5.41, 5.74) is -0.833. The number of nitrogens with one attached hydrogen (secondary N) is 1. The number of nitro benzene ring substituents is 1. The van der Waals surface area contributed by atoms with Crippen LogP contribution in [0, 0.1) is 21.7 Å². The summed E-state index contributed by atoms with van der Waals surface area (Å²) in [6, 6.07) is 1.57. The lowest BCUT2D eigenvalue weighted by Crippen LogP contribution is -2.34. The molecule has 0 radical (unpaired) electrons. The van der Waals surface area contributed by atoms with Crippen LogP contribution >= 0.6 is 0 Å². The van der Waals surface area contributed by atoms with Crippen molar-refractivity contribution in [3.63, 3.8) is 0 Å². The van der Waals surface area contributed by atoms with Crippen LogP contribution in [0.2, 0.25) is 0 Å². The summed E-state index contributed by atoms with van der Waals surface area (Å²) >= 11 is 0. The Kier molecular flexibility index (Phi) is 4.49. The Labute approximate surface area is 115 Å². The zero-order chi connectivity index (χ0) is 14.7. The van der Waals surface area contributed by atoms with Crippen molar-refractivity contribution < 1.29 is 18.4 Å². The Bertz CT molecular complexity index is 511. The van der Waals surface area contributed by atoms with Gasteiger partial charge in [0.15, 0.2) is 17.3 Å². The molecule has 1 N–H and O–H groups in total. The summed E-state index contributed by atoms with van der Waals surface area (Å²) in [5.74, 6) is -2.31. The third-order valence-electron chi connectivity index (χ3n) is 3.44. The minimum absolute atomic E-state index is 0.0388. The monoisotopic (exact) mass is 286 g/mol. The van der Waals surface area contributed by atoms with Crippen LogP contribution in [0.3, 0.4) is 0 Å². The molecule has 1 saturated heterocycles. The van der Waals surface area contributed by atoms with Gasteiger partial charge in [-0.1, -0.05) is 6.92 Å². The quantitative estimate of drug-likeness (QED) is 0.681. The maximum atomic E-state index is 13.8. The molecule has 5 nitrogen and oxygen atoms in total. The lowest BCUT2D eigenvalue weighted by molar-refractivity contribution is -0.384. The second kappa shape index (κ2) is 6.13. The molecule has 2 atom stereocenters. The number of anilines is 1. The molecule has 0 aromatic heterocycles. The van der Waals surface area contributed by atoms with Crippen molar-refractivity contribution >= 4 is 11.4 Å². The number of rotatable bonds is 4. The zero-order valence-corrected chi connectivity index (χ0v) is 11.1. The Morgan fingerprint density at radius 3 is 2.90 bits per heavy atom. The van der Waals surface area contributed by atoms with E-state index in [1.54, 1.807) is 0 Å². The van der Waals surface area contributed by atoms with E-state index < -0.39 is 22.2 Å². The first kappa shape index (κ1) is 14.6. The molecule has 0 amide bonds. The lowest BCUT2D eigenvalue weighted by atomic mass is 10.0. The Morgan fingerprint density at radius 1 is 1.50 bits per heavy atom. The van der Waals surface area contributed by atoms with Crippen molar-refractivity contribution in [1.29, 1.82) is 0 Å². The molecule has 2 rings (SSSR count). The van der Waals surface area contributed by atoms with Crippen molar-refractivity contribution in [2.45, 2.75) is 38.3 Å². The third-order valence-corrected chi connectivity index (χ3v) is 3.44. The number of benzene rings is 1. The highest BCUT2D eigenvalue weighted by Crippen LogP contribution is 2.31. The van der Waals surface area contributed by atoms with Crippen molar-refractivity contribution in [1.82, 2.24) is 0 Å². The number of nitrogens with zero attached hydrogens (tertiary/aromatic N) is 1. The number of ether oxygens (including phenoxy) is 1. The Balaban J connectivity index is 2.23. The van der Waals surface area contributed by atoms with Gasteiger partial charge >= 0.3 is 0 Å². The molecular formula is C13H16F2N2O3. The van der Waals surface area contributed by atoms with E-state index in [0.29, 0.717) is 19.4 Å². The minimum Gasteiger partial charge on any atom is -0.378 e. The summed E-state index contributed by atoms with van der Waals surface area (Å²) in [7, 11) is 0. The molecule has 110 valence electrons. The molecule has 1 aliphatic heterocycles. The molecule has 0 saturated carbocycles. The first-order valence-corrected chi connectivity index (χ1v) is 6.53. The van der Waals surface area contributed by atoms with Gasteiger partial charge in [-0.15, -0.1) is 0 Å². The van der Waals surface area contributed by atoms with E-state index in [1.807, 2.05) is 6.92 Å². The molecule has 1 aliphatic rings. The average molecular weight is 286 g/mol. The maximum absolute atomic E-state index is 13.8. The molecule has 1 heterocycles. The smallest absolute Gasteiger partial charge is 0.295 e. The highest BCUT2D eigenvalue weighted by atomic mass is 19.2. The van der Waals surface area contributed by atoms with E-state index >= 15 is 0 Å². The first-order chi connectivity index (χ1) is 9.52. The normalized spacial score (nSPS) is 22.6. The van der Waals surface area contributed by atoms with Crippen LogP contribution in [0.4, 0.5) is 20.2 Å². The number of hydrogen-bond acceptors (Lipinski definition) is 4. The van der Waals surface area contributed by atoms with Crippen LogP contribution in [-0.4, -0.2) is 23.7 Å². The van der Waals surface area contributed by atoms with Crippen LogP contribution in [0.15, 0.2) is 12.1 Å². The maximum Gasteiger partial charge on any atom is 0.295 e. The van der Waals surface area contributed by atoms with Gasteiger partial charge in [-0.2, -0.15) is 0 Å². The van der Waals surface area contributed by atoms with Gasteiger partial charge in [0, 0.05) is 18.7 Å². The van der Waals surface area contributed by atoms with Gasteiger partial charge in [-0.05, 0) is 25.3 Å². The number of hydrogen-bond donors (Lipinski definition) is 1. The van der Waals surface area contributed by atoms with Gasteiger partial charge in [0.2, 0.25) is 0 Å². The van der Waals surface area contributed by atoms with Crippen molar-refractivity contribution in [2.75, 3.05) is 11.9 Å². The van der Waals surface area contributed by atoms with E-state index in [0.717, 1.165) is 18.6 Å². The zero-order valence-electron chi connectivity index (χ0n) is 11.1. The predicted octanol–water partition coefficient (Wildman–Crippen LogP) is 3.24. The molecule has 1 fully saturated rings. The van der Waals surface area contributed by atoms with Gasteiger partial charge < -0.3 is 10.1 Å². The Morgan fingerprint density at radius 2 is 2.25 bits per heavy atom. The summed E-state index contributed by atoms with van der Waals surface area (Å²) in [5, 5.41) is 13.7. The first-order valence-electron chi connectivity index (χ1n) is 6.53. The third kappa shape index (κ3) is 3.04. The van der Waals surface area contributed by atoms with Crippen molar-refractivity contribution in [3.8, 4) is 0 Å². The fourth-order valence-corrected chi connectivity index (χ4v) is 2.33. The van der Waals surface area contributed by atoms with E-state index in [4.69, 9.17) is 4.74 Å². The molecule has 20 heavy (non-hydrogen) atoms. The molecule has 0 spiro atoms. The second-order valence-electron chi connectivity index (χ2n) is 4.78. The highest BCUT2D eigenvalue weighted by Gasteiger charge is 2.27. The average Bonchev–Trinajstić information content (AvgIpc) is 2.44. The molecule has 2 unspecified atom stereocenters. The second-order valence-corrected chi connectivity index (χ2v) is 4.78. The van der Waals surface area contributed by atoms with Crippen LogP contribution in [0.1, 0.15) is 26.2 Å². The van der Waals surface area contributed by atoms with Crippen LogP contribution in [0.25, 0.3) is 0 Å². The standard InChI is InChI=1S/C13H16F2N2O3/c1-2-9-7-8(5-6-20-9)16-13-11(17(18)19)4-3-10(14)12(13)15/h3-4,8-9,16H,2,5-7H2,1H3. The SMILES string of the molecule is CCC1CC(Nc2c([N+](=O)[O-])ccc(F)c2F)CCO1. The summed E-state index contributed by atoms with van der Waals surface area (Å²) in [6.07, 6.45) is 2.07. The minimum atomic E-state index is -1.21.